The smallest absolute Gasteiger partial charge is 0.267 e. The van der Waals surface area contributed by atoms with E-state index in [1.165, 1.54) is 30.3 Å². The first-order valence-corrected chi connectivity index (χ1v) is 11.1. The van der Waals surface area contributed by atoms with E-state index in [0.29, 0.717) is 16.1 Å². The van der Waals surface area contributed by atoms with Crippen LogP contribution in [-0.2, 0) is 16.6 Å². The van der Waals surface area contributed by atoms with E-state index in [1.54, 1.807) is 19.1 Å². The van der Waals surface area contributed by atoms with E-state index in [4.69, 9.17) is 11.6 Å². The second-order valence-electron chi connectivity index (χ2n) is 6.71. The molecule has 3 aromatic rings. The standard InChI is InChI=1S/C22H20ClN3O4S/c1-15-7-8-18(22(28)26-25-21(27)17-9-11-19(23)12-10-17)13-20(15)31(29,30)24-14-16-5-3-2-4-6-16/h2-13,24H,14H2,1H3,(H,25,27)(H,26,28). The lowest BCUT2D eigenvalue weighted by atomic mass is 10.1. The second-order valence-corrected chi connectivity index (χ2v) is 8.88. The molecule has 0 saturated carbocycles. The van der Waals surface area contributed by atoms with Crippen LogP contribution in [0.25, 0.3) is 0 Å². The van der Waals surface area contributed by atoms with Crippen LogP contribution in [0.15, 0.2) is 77.7 Å². The number of amides is 2. The minimum Gasteiger partial charge on any atom is -0.267 e. The molecule has 0 atom stereocenters. The molecule has 7 nitrogen and oxygen atoms in total. The summed E-state index contributed by atoms with van der Waals surface area (Å²) in [7, 11) is -3.85. The lowest BCUT2D eigenvalue weighted by Crippen LogP contribution is -2.41. The maximum atomic E-state index is 12.8. The normalized spacial score (nSPS) is 11.0. The van der Waals surface area contributed by atoms with E-state index in [9.17, 15) is 18.0 Å². The lowest BCUT2D eigenvalue weighted by molar-refractivity contribution is 0.0846. The molecule has 0 heterocycles. The van der Waals surface area contributed by atoms with Gasteiger partial charge in [-0.15, -0.1) is 0 Å². The molecular weight excluding hydrogens is 438 g/mol. The number of halogens is 1. The molecule has 0 bridgehead atoms. The van der Waals surface area contributed by atoms with Gasteiger partial charge in [-0.3, -0.25) is 20.4 Å². The molecule has 160 valence electrons. The van der Waals surface area contributed by atoms with Crippen molar-refractivity contribution in [2.24, 2.45) is 0 Å². The zero-order valence-corrected chi connectivity index (χ0v) is 18.1. The van der Waals surface area contributed by atoms with Gasteiger partial charge >= 0.3 is 0 Å². The Labute approximate surface area is 185 Å². The highest BCUT2D eigenvalue weighted by molar-refractivity contribution is 7.89. The summed E-state index contributed by atoms with van der Waals surface area (Å²) in [5.74, 6) is -1.18. The van der Waals surface area contributed by atoms with Crippen LogP contribution < -0.4 is 15.6 Å². The Kier molecular flexibility index (Phi) is 7.06. The fourth-order valence-electron chi connectivity index (χ4n) is 2.74. The predicted octanol–water partition coefficient (Wildman–Crippen LogP) is 3.20. The number of benzene rings is 3. The molecule has 0 aromatic heterocycles. The molecule has 3 rings (SSSR count). The van der Waals surface area contributed by atoms with Gasteiger partial charge in [0.25, 0.3) is 11.8 Å². The van der Waals surface area contributed by atoms with Crippen LogP contribution in [0.5, 0.6) is 0 Å². The zero-order chi connectivity index (χ0) is 22.4. The van der Waals surface area contributed by atoms with Gasteiger partial charge in [-0.1, -0.05) is 48.0 Å². The van der Waals surface area contributed by atoms with E-state index in [1.807, 2.05) is 30.3 Å². The minimum absolute atomic E-state index is 0.0138. The Morgan fingerprint density at radius 3 is 2.06 bits per heavy atom. The van der Waals surface area contributed by atoms with Crippen molar-refractivity contribution in [3.8, 4) is 0 Å². The molecule has 0 aliphatic heterocycles. The average Bonchev–Trinajstić information content (AvgIpc) is 2.77. The Balaban J connectivity index is 1.69. The summed E-state index contributed by atoms with van der Waals surface area (Å²) in [5, 5.41) is 0.481. The average molecular weight is 458 g/mol. The molecule has 31 heavy (non-hydrogen) atoms. The van der Waals surface area contributed by atoms with Crippen LogP contribution in [0.1, 0.15) is 31.8 Å². The Morgan fingerprint density at radius 1 is 0.839 bits per heavy atom. The third kappa shape index (κ3) is 5.91. The summed E-state index contributed by atoms with van der Waals surface area (Å²) in [4.78, 5) is 24.5. The molecule has 0 saturated heterocycles. The Morgan fingerprint density at radius 2 is 1.42 bits per heavy atom. The predicted molar refractivity (Wildman–Crippen MR) is 118 cm³/mol. The number of hydrogen-bond acceptors (Lipinski definition) is 4. The highest BCUT2D eigenvalue weighted by Gasteiger charge is 2.19. The van der Waals surface area contributed by atoms with Gasteiger partial charge in [-0.25, -0.2) is 13.1 Å². The summed E-state index contributed by atoms with van der Waals surface area (Å²) in [5.41, 5.74) is 6.26. The van der Waals surface area contributed by atoms with Crippen LogP contribution in [0.4, 0.5) is 0 Å². The van der Waals surface area contributed by atoms with Crippen LogP contribution in [0.3, 0.4) is 0 Å². The molecular formula is C22H20ClN3O4S. The van der Waals surface area contributed by atoms with Crippen molar-refractivity contribution in [3.05, 3.63) is 100 Å². The van der Waals surface area contributed by atoms with Crippen LogP contribution >= 0.6 is 11.6 Å². The minimum atomic E-state index is -3.85. The van der Waals surface area contributed by atoms with Crippen molar-refractivity contribution in [3.63, 3.8) is 0 Å². The third-order valence-electron chi connectivity index (χ3n) is 4.44. The van der Waals surface area contributed by atoms with E-state index in [2.05, 4.69) is 15.6 Å². The van der Waals surface area contributed by atoms with Gasteiger partial charge < -0.3 is 0 Å². The number of hydrogen-bond donors (Lipinski definition) is 3. The van der Waals surface area contributed by atoms with Crippen molar-refractivity contribution in [2.45, 2.75) is 18.4 Å². The SMILES string of the molecule is Cc1ccc(C(=O)NNC(=O)c2ccc(Cl)cc2)cc1S(=O)(=O)NCc1ccccc1. The molecule has 0 spiro atoms. The van der Waals surface area contributed by atoms with E-state index in [-0.39, 0.29) is 17.0 Å². The monoisotopic (exact) mass is 457 g/mol. The number of carbonyl (C=O) groups excluding carboxylic acids is 2. The summed E-state index contributed by atoms with van der Waals surface area (Å²) >= 11 is 5.79. The van der Waals surface area contributed by atoms with E-state index < -0.39 is 21.8 Å². The number of carbonyl (C=O) groups is 2. The second kappa shape index (κ2) is 9.74. The maximum absolute atomic E-state index is 12.8. The lowest BCUT2D eigenvalue weighted by Gasteiger charge is -2.12. The third-order valence-corrected chi connectivity index (χ3v) is 6.24. The summed E-state index contributed by atoms with van der Waals surface area (Å²) in [6.45, 7) is 1.76. The van der Waals surface area contributed by atoms with Crippen molar-refractivity contribution in [1.82, 2.24) is 15.6 Å². The van der Waals surface area contributed by atoms with Gasteiger partial charge in [0.2, 0.25) is 10.0 Å². The first kappa shape index (κ1) is 22.5. The number of hydrazine groups is 1. The highest BCUT2D eigenvalue weighted by atomic mass is 35.5. The topological polar surface area (TPSA) is 104 Å². The van der Waals surface area contributed by atoms with E-state index in [0.717, 1.165) is 5.56 Å². The molecule has 3 N–H and O–H groups in total. The molecule has 0 unspecified atom stereocenters. The summed E-state index contributed by atoms with van der Waals surface area (Å²) in [6.07, 6.45) is 0. The number of aryl methyl sites for hydroxylation is 1. The summed E-state index contributed by atoms with van der Waals surface area (Å²) < 4.78 is 28.0. The van der Waals surface area contributed by atoms with Crippen molar-refractivity contribution < 1.29 is 18.0 Å². The largest absolute Gasteiger partial charge is 0.269 e. The van der Waals surface area contributed by atoms with Gasteiger partial charge in [0.1, 0.15) is 0 Å². The quantitative estimate of drug-likeness (QED) is 0.494. The molecule has 0 aliphatic rings. The van der Waals surface area contributed by atoms with Gasteiger partial charge in [-0.2, -0.15) is 0 Å². The number of sulfonamides is 1. The zero-order valence-electron chi connectivity index (χ0n) is 16.6. The fourth-order valence-corrected chi connectivity index (χ4v) is 4.15. The molecule has 0 fully saturated rings. The Bertz CT molecular complexity index is 1200. The molecule has 2 amide bonds. The van der Waals surface area contributed by atoms with Gasteiger partial charge in [0.15, 0.2) is 0 Å². The summed E-state index contributed by atoms with van der Waals surface area (Å²) in [6, 6.07) is 19.5. The van der Waals surface area contributed by atoms with Gasteiger partial charge in [0, 0.05) is 22.7 Å². The highest BCUT2D eigenvalue weighted by Crippen LogP contribution is 2.18. The van der Waals surface area contributed by atoms with Gasteiger partial charge in [0.05, 0.1) is 4.90 Å². The van der Waals surface area contributed by atoms with Crippen molar-refractivity contribution >= 4 is 33.4 Å². The van der Waals surface area contributed by atoms with Crippen LogP contribution in [-0.4, -0.2) is 20.2 Å². The van der Waals surface area contributed by atoms with Crippen LogP contribution in [0, 0.1) is 6.92 Å². The fraction of sp³-hybridized carbons (Fsp3) is 0.0909. The van der Waals surface area contributed by atoms with Crippen molar-refractivity contribution in [2.75, 3.05) is 0 Å². The van der Waals surface area contributed by atoms with Crippen LogP contribution in [0.2, 0.25) is 5.02 Å². The first-order valence-electron chi connectivity index (χ1n) is 9.27. The molecule has 9 heteroatoms. The van der Waals surface area contributed by atoms with Gasteiger partial charge in [-0.05, 0) is 54.4 Å². The Hall–Kier alpha value is -3.20. The first-order chi connectivity index (χ1) is 14.8. The number of rotatable bonds is 6. The molecule has 0 aliphatic carbocycles. The number of nitrogens with one attached hydrogen (secondary N) is 3. The van der Waals surface area contributed by atoms with Crippen molar-refractivity contribution in [1.29, 1.82) is 0 Å². The molecule has 3 aromatic carbocycles. The molecule has 0 radical (unpaired) electrons. The maximum Gasteiger partial charge on any atom is 0.269 e. The van der Waals surface area contributed by atoms with E-state index >= 15 is 0 Å².